The van der Waals surface area contributed by atoms with Crippen molar-refractivity contribution >= 4 is 11.9 Å². The van der Waals surface area contributed by atoms with E-state index in [1.54, 1.807) is 0 Å². The number of carboxylic acid groups (broad SMARTS) is 1. The Bertz CT molecular complexity index is 370. The molecule has 2 fully saturated rings. The van der Waals surface area contributed by atoms with Crippen LogP contribution >= 0.6 is 0 Å². The number of hydrogen-bond acceptors (Lipinski definition) is 3. The van der Waals surface area contributed by atoms with Crippen LogP contribution in [0.5, 0.6) is 0 Å². The van der Waals surface area contributed by atoms with Crippen LogP contribution in [-0.4, -0.2) is 59.5 Å². The van der Waals surface area contributed by atoms with E-state index in [2.05, 4.69) is 4.90 Å². The lowest BCUT2D eigenvalue weighted by Gasteiger charge is -2.39. The van der Waals surface area contributed by atoms with Crippen LogP contribution in [0.4, 0.5) is 0 Å². The monoisotopic (exact) mass is 296 g/mol. The van der Waals surface area contributed by atoms with Crippen LogP contribution in [0, 0.1) is 5.41 Å². The highest BCUT2D eigenvalue weighted by atomic mass is 16.4. The summed E-state index contributed by atoms with van der Waals surface area (Å²) >= 11 is 0. The summed E-state index contributed by atoms with van der Waals surface area (Å²) < 4.78 is 0. The largest absolute Gasteiger partial charge is 0.481 e. The molecule has 1 amide bonds. The molecule has 0 spiro atoms. The van der Waals surface area contributed by atoms with Crippen molar-refractivity contribution in [3.63, 3.8) is 0 Å². The quantitative estimate of drug-likeness (QED) is 0.842. The van der Waals surface area contributed by atoms with E-state index in [9.17, 15) is 14.7 Å². The van der Waals surface area contributed by atoms with Crippen molar-refractivity contribution in [1.82, 2.24) is 9.80 Å². The minimum atomic E-state index is -0.661. The number of aliphatic carboxylic acids is 1. The van der Waals surface area contributed by atoms with Crippen molar-refractivity contribution in [1.29, 1.82) is 0 Å². The van der Waals surface area contributed by atoms with E-state index in [-0.39, 0.29) is 5.91 Å². The predicted octanol–water partition coefficient (Wildman–Crippen LogP) is 1.97. The zero-order chi connectivity index (χ0) is 15.3. The van der Waals surface area contributed by atoms with Gasteiger partial charge in [0.05, 0.1) is 12.0 Å². The number of hydrogen-bond donors (Lipinski definition) is 1. The van der Waals surface area contributed by atoms with E-state index >= 15 is 0 Å². The maximum Gasteiger partial charge on any atom is 0.309 e. The Kier molecular flexibility index (Phi) is 5.62. The van der Waals surface area contributed by atoms with Gasteiger partial charge in [-0.25, -0.2) is 0 Å². The molecule has 0 aromatic heterocycles. The van der Waals surface area contributed by atoms with Gasteiger partial charge in [0.15, 0.2) is 0 Å². The van der Waals surface area contributed by atoms with E-state index in [0.29, 0.717) is 19.4 Å². The van der Waals surface area contributed by atoms with Crippen LogP contribution in [0.25, 0.3) is 0 Å². The smallest absolute Gasteiger partial charge is 0.309 e. The van der Waals surface area contributed by atoms with Gasteiger partial charge < -0.3 is 10.0 Å². The zero-order valence-corrected chi connectivity index (χ0v) is 13.1. The van der Waals surface area contributed by atoms with Crippen LogP contribution in [0.15, 0.2) is 0 Å². The van der Waals surface area contributed by atoms with E-state index in [4.69, 9.17) is 0 Å². The number of likely N-dealkylation sites (tertiary alicyclic amines) is 2. The highest BCUT2D eigenvalue weighted by Crippen LogP contribution is 2.36. The summed E-state index contributed by atoms with van der Waals surface area (Å²) in [7, 11) is 0. The van der Waals surface area contributed by atoms with Gasteiger partial charge in [0.1, 0.15) is 0 Å². The predicted molar refractivity (Wildman–Crippen MR) is 81.1 cm³/mol. The lowest BCUT2D eigenvalue weighted by atomic mass is 9.75. The molecule has 120 valence electrons. The topological polar surface area (TPSA) is 60.9 Å². The van der Waals surface area contributed by atoms with E-state index in [0.717, 1.165) is 51.9 Å². The highest BCUT2D eigenvalue weighted by molar-refractivity contribution is 5.78. The Morgan fingerprint density at radius 2 is 1.67 bits per heavy atom. The molecule has 0 aromatic carbocycles. The van der Waals surface area contributed by atoms with Gasteiger partial charge in [-0.05, 0) is 51.6 Å². The fourth-order valence-corrected chi connectivity index (χ4v) is 3.62. The van der Waals surface area contributed by atoms with E-state index in [1.165, 1.54) is 6.42 Å². The Morgan fingerprint density at radius 1 is 1.05 bits per heavy atom. The van der Waals surface area contributed by atoms with E-state index in [1.807, 2.05) is 11.8 Å². The molecule has 1 N–H and O–H groups in total. The first-order valence-electron chi connectivity index (χ1n) is 8.31. The Hall–Kier alpha value is -1.10. The first kappa shape index (κ1) is 16.3. The third-order valence-corrected chi connectivity index (χ3v) is 5.06. The normalized spacial score (nSPS) is 23.0. The maximum atomic E-state index is 12.3. The third kappa shape index (κ3) is 3.96. The maximum absolute atomic E-state index is 12.3. The molecule has 0 aliphatic carbocycles. The molecule has 2 aliphatic heterocycles. The van der Waals surface area contributed by atoms with Crippen molar-refractivity contribution in [3.8, 4) is 0 Å². The molecular formula is C16H28N2O3. The summed E-state index contributed by atoms with van der Waals surface area (Å²) in [5.41, 5.74) is -0.556. The second-order valence-electron chi connectivity index (χ2n) is 6.55. The minimum Gasteiger partial charge on any atom is -0.481 e. The van der Waals surface area contributed by atoms with Crippen molar-refractivity contribution in [3.05, 3.63) is 0 Å². The lowest BCUT2D eigenvalue weighted by Crippen LogP contribution is -2.48. The van der Waals surface area contributed by atoms with Gasteiger partial charge in [-0.2, -0.15) is 0 Å². The highest BCUT2D eigenvalue weighted by Gasteiger charge is 2.40. The first-order chi connectivity index (χ1) is 10.1. The van der Waals surface area contributed by atoms with Gasteiger partial charge in [0.2, 0.25) is 5.91 Å². The molecule has 0 unspecified atom stereocenters. The molecule has 5 heteroatoms. The summed E-state index contributed by atoms with van der Waals surface area (Å²) in [4.78, 5) is 27.9. The second kappa shape index (κ2) is 7.25. The zero-order valence-electron chi connectivity index (χ0n) is 13.1. The molecule has 2 heterocycles. The summed E-state index contributed by atoms with van der Waals surface area (Å²) in [6, 6.07) is 0. The van der Waals surface area contributed by atoms with Crippen LogP contribution in [0.1, 0.15) is 51.9 Å². The third-order valence-electron chi connectivity index (χ3n) is 5.06. The molecular weight excluding hydrogens is 268 g/mol. The molecule has 2 aliphatic rings. The standard InChI is InChI=1S/C16H28N2O3/c1-2-6-16(15(20)21)7-11-17(12-8-16)13-14(19)18-9-4-3-5-10-18/h2-13H2,1H3,(H,20,21). The number of amides is 1. The average Bonchev–Trinajstić information content (AvgIpc) is 2.50. The number of carbonyl (C=O) groups is 2. The van der Waals surface area contributed by atoms with Crippen LogP contribution in [0.3, 0.4) is 0 Å². The summed E-state index contributed by atoms with van der Waals surface area (Å²) in [5, 5.41) is 9.50. The molecule has 0 aromatic rings. The molecule has 0 atom stereocenters. The summed E-state index contributed by atoms with van der Waals surface area (Å²) in [6.07, 6.45) is 6.45. The minimum absolute atomic E-state index is 0.216. The van der Waals surface area contributed by atoms with Crippen molar-refractivity contribution < 1.29 is 14.7 Å². The van der Waals surface area contributed by atoms with Crippen molar-refractivity contribution in [2.24, 2.45) is 5.41 Å². The SMILES string of the molecule is CCCC1(C(=O)O)CCN(CC(=O)N2CCCCC2)CC1. The van der Waals surface area contributed by atoms with Gasteiger partial charge in [-0.3, -0.25) is 14.5 Å². The van der Waals surface area contributed by atoms with Gasteiger partial charge in [-0.1, -0.05) is 13.3 Å². The molecule has 2 saturated heterocycles. The molecule has 0 radical (unpaired) electrons. The second-order valence-corrected chi connectivity index (χ2v) is 6.55. The van der Waals surface area contributed by atoms with E-state index < -0.39 is 11.4 Å². The number of nitrogens with zero attached hydrogens (tertiary/aromatic N) is 2. The number of carbonyl (C=O) groups excluding carboxylic acids is 1. The molecule has 21 heavy (non-hydrogen) atoms. The average molecular weight is 296 g/mol. The van der Waals surface area contributed by atoms with Gasteiger partial charge in [0, 0.05) is 13.1 Å². The number of carboxylic acids is 1. The van der Waals surface area contributed by atoms with Crippen LogP contribution in [0.2, 0.25) is 0 Å². The Balaban J connectivity index is 1.83. The number of piperidine rings is 2. The molecule has 0 bridgehead atoms. The van der Waals surface area contributed by atoms with Crippen LogP contribution in [-0.2, 0) is 9.59 Å². The van der Waals surface area contributed by atoms with Crippen LogP contribution < -0.4 is 0 Å². The summed E-state index contributed by atoms with van der Waals surface area (Å²) in [5.74, 6) is -0.445. The number of rotatable bonds is 5. The van der Waals surface area contributed by atoms with Gasteiger partial charge in [0.25, 0.3) is 0 Å². The molecule has 5 nitrogen and oxygen atoms in total. The van der Waals surface area contributed by atoms with Crippen molar-refractivity contribution in [2.75, 3.05) is 32.7 Å². The lowest BCUT2D eigenvalue weighted by molar-refractivity contribution is -0.153. The van der Waals surface area contributed by atoms with Gasteiger partial charge >= 0.3 is 5.97 Å². The Morgan fingerprint density at radius 3 is 2.19 bits per heavy atom. The molecule has 2 rings (SSSR count). The first-order valence-corrected chi connectivity index (χ1v) is 8.31. The molecule has 0 saturated carbocycles. The fraction of sp³-hybridized carbons (Fsp3) is 0.875. The fourth-order valence-electron chi connectivity index (χ4n) is 3.62. The van der Waals surface area contributed by atoms with Gasteiger partial charge in [-0.15, -0.1) is 0 Å². The van der Waals surface area contributed by atoms with Crippen molar-refractivity contribution in [2.45, 2.75) is 51.9 Å². The summed E-state index contributed by atoms with van der Waals surface area (Å²) in [6.45, 7) is 5.74. The Labute approximate surface area is 127 Å².